The number of fused-ring (bicyclic) bond motifs is 1. The van der Waals surface area contributed by atoms with Gasteiger partial charge in [-0.2, -0.15) is 18.3 Å². The molecule has 5 nitrogen and oxygen atoms in total. The first-order valence-electron chi connectivity index (χ1n) is 7.27. The van der Waals surface area contributed by atoms with Gasteiger partial charge in [0.05, 0.1) is 11.7 Å². The molecule has 130 valence electrons. The third kappa shape index (κ3) is 2.96. The molecule has 24 heavy (non-hydrogen) atoms. The maximum Gasteiger partial charge on any atom is 0.408 e. The van der Waals surface area contributed by atoms with E-state index in [0.717, 1.165) is 4.68 Å². The zero-order chi connectivity index (χ0) is 17.6. The molecule has 1 aliphatic heterocycles. The SMILES string of the molecule is Cc1nn(CC(F)(F)F)c2c1[C@H](c1ccc(F)cc1)[C@H](N)C(O)N2. The van der Waals surface area contributed by atoms with Gasteiger partial charge in [0.15, 0.2) is 0 Å². The molecule has 0 saturated carbocycles. The largest absolute Gasteiger partial charge is 0.408 e. The standard InChI is InChI=1S/C15H16F4N4O/c1-7-10-11(8-2-4-9(16)5-3-8)12(20)14(24)21-13(10)23(22-7)6-15(17,18)19/h2-5,11-12,14,21,24H,6,20H2,1H3/t11-,12-,14?/m0/s1. The van der Waals surface area contributed by atoms with Crippen molar-refractivity contribution in [3.05, 3.63) is 46.9 Å². The third-order valence-corrected chi connectivity index (χ3v) is 4.08. The number of hydrogen-bond acceptors (Lipinski definition) is 4. The van der Waals surface area contributed by atoms with Gasteiger partial charge >= 0.3 is 6.18 Å². The number of aliphatic hydroxyl groups excluding tert-OH is 1. The molecule has 1 unspecified atom stereocenters. The number of hydrogen-bond donors (Lipinski definition) is 3. The summed E-state index contributed by atoms with van der Waals surface area (Å²) in [6.07, 6.45) is -5.71. The summed E-state index contributed by atoms with van der Waals surface area (Å²) >= 11 is 0. The van der Waals surface area contributed by atoms with Crippen LogP contribution < -0.4 is 11.1 Å². The Labute approximate surface area is 135 Å². The molecular formula is C15H16F4N4O. The summed E-state index contributed by atoms with van der Waals surface area (Å²) in [6, 6.07) is 4.67. The normalized spacial score (nSPS) is 23.7. The number of aliphatic hydroxyl groups is 1. The van der Waals surface area contributed by atoms with Crippen LogP contribution in [0.2, 0.25) is 0 Å². The second-order valence-corrected chi connectivity index (χ2v) is 5.82. The summed E-state index contributed by atoms with van der Waals surface area (Å²) in [4.78, 5) is 0. The van der Waals surface area contributed by atoms with Crippen molar-refractivity contribution >= 4 is 5.82 Å². The number of nitrogens with one attached hydrogen (secondary N) is 1. The average Bonchev–Trinajstić information content (AvgIpc) is 2.76. The second-order valence-electron chi connectivity index (χ2n) is 5.82. The van der Waals surface area contributed by atoms with Gasteiger partial charge in [0.1, 0.15) is 24.4 Å². The highest BCUT2D eigenvalue weighted by atomic mass is 19.4. The van der Waals surface area contributed by atoms with Gasteiger partial charge in [0.2, 0.25) is 0 Å². The van der Waals surface area contributed by atoms with Crippen molar-refractivity contribution in [2.45, 2.75) is 37.8 Å². The number of benzene rings is 1. The summed E-state index contributed by atoms with van der Waals surface area (Å²) in [5.41, 5.74) is 7.49. The number of nitrogens with two attached hydrogens (primary N) is 1. The van der Waals surface area contributed by atoms with Crippen molar-refractivity contribution in [3.8, 4) is 0 Å². The summed E-state index contributed by atoms with van der Waals surface area (Å²) in [7, 11) is 0. The van der Waals surface area contributed by atoms with E-state index in [1.807, 2.05) is 0 Å². The van der Waals surface area contributed by atoms with Crippen LogP contribution in [-0.4, -0.2) is 33.3 Å². The lowest BCUT2D eigenvalue weighted by molar-refractivity contribution is -0.142. The molecule has 0 amide bonds. The van der Waals surface area contributed by atoms with Crippen LogP contribution in [0.4, 0.5) is 23.4 Å². The summed E-state index contributed by atoms with van der Waals surface area (Å²) < 4.78 is 52.2. The molecule has 0 bridgehead atoms. The van der Waals surface area contributed by atoms with Crippen LogP contribution in [0.1, 0.15) is 22.7 Å². The van der Waals surface area contributed by atoms with Crippen molar-refractivity contribution in [1.29, 1.82) is 0 Å². The number of rotatable bonds is 2. The molecule has 1 aliphatic rings. The van der Waals surface area contributed by atoms with E-state index in [1.54, 1.807) is 6.92 Å². The number of nitrogens with zero attached hydrogens (tertiary/aromatic N) is 2. The van der Waals surface area contributed by atoms with Crippen LogP contribution in [0.25, 0.3) is 0 Å². The van der Waals surface area contributed by atoms with Crippen molar-refractivity contribution in [2.24, 2.45) is 5.73 Å². The Kier molecular flexibility index (Phi) is 4.00. The van der Waals surface area contributed by atoms with Crippen LogP contribution in [-0.2, 0) is 6.54 Å². The Bertz CT molecular complexity index is 741. The van der Waals surface area contributed by atoms with Crippen LogP contribution in [0.5, 0.6) is 0 Å². The minimum Gasteiger partial charge on any atom is -0.372 e. The Hall–Kier alpha value is -2.13. The number of aryl methyl sites for hydroxylation is 1. The Morgan fingerprint density at radius 2 is 1.92 bits per heavy atom. The highest BCUT2D eigenvalue weighted by Gasteiger charge is 2.40. The Morgan fingerprint density at radius 3 is 2.50 bits per heavy atom. The van der Waals surface area contributed by atoms with Gasteiger partial charge in [0.25, 0.3) is 0 Å². The summed E-state index contributed by atoms with van der Waals surface area (Å²) in [6.45, 7) is 0.294. The monoisotopic (exact) mass is 344 g/mol. The highest BCUT2D eigenvalue weighted by Crippen LogP contribution is 2.40. The zero-order valence-electron chi connectivity index (χ0n) is 12.7. The van der Waals surface area contributed by atoms with Gasteiger partial charge < -0.3 is 16.2 Å². The van der Waals surface area contributed by atoms with E-state index in [9.17, 15) is 22.7 Å². The quantitative estimate of drug-likeness (QED) is 0.730. The molecule has 0 fully saturated rings. The number of anilines is 1. The van der Waals surface area contributed by atoms with Crippen LogP contribution in [0.3, 0.4) is 0 Å². The highest BCUT2D eigenvalue weighted by molar-refractivity contribution is 5.57. The molecule has 2 heterocycles. The zero-order valence-corrected chi connectivity index (χ0v) is 12.7. The molecule has 0 spiro atoms. The van der Waals surface area contributed by atoms with E-state index < -0.39 is 36.7 Å². The van der Waals surface area contributed by atoms with Crippen LogP contribution in [0, 0.1) is 12.7 Å². The maximum absolute atomic E-state index is 13.2. The van der Waals surface area contributed by atoms with E-state index in [2.05, 4.69) is 10.4 Å². The molecule has 2 aromatic rings. The van der Waals surface area contributed by atoms with Crippen LogP contribution >= 0.6 is 0 Å². The van der Waals surface area contributed by atoms with Gasteiger partial charge in [-0.25, -0.2) is 9.07 Å². The van der Waals surface area contributed by atoms with Crippen molar-refractivity contribution in [1.82, 2.24) is 9.78 Å². The fraction of sp³-hybridized carbons (Fsp3) is 0.400. The predicted molar refractivity (Wildman–Crippen MR) is 78.9 cm³/mol. The number of alkyl halides is 3. The lowest BCUT2D eigenvalue weighted by Gasteiger charge is -2.35. The van der Waals surface area contributed by atoms with Crippen molar-refractivity contribution in [2.75, 3.05) is 5.32 Å². The van der Waals surface area contributed by atoms with E-state index >= 15 is 0 Å². The van der Waals surface area contributed by atoms with Crippen molar-refractivity contribution < 1.29 is 22.7 Å². The van der Waals surface area contributed by atoms with Crippen LogP contribution in [0.15, 0.2) is 24.3 Å². The molecule has 3 atom stereocenters. The van der Waals surface area contributed by atoms with Gasteiger partial charge in [-0.15, -0.1) is 0 Å². The van der Waals surface area contributed by atoms with E-state index in [1.165, 1.54) is 24.3 Å². The molecule has 1 aromatic carbocycles. The van der Waals surface area contributed by atoms with Gasteiger partial charge in [0, 0.05) is 11.5 Å². The first-order valence-corrected chi connectivity index (χ1v) is 7.27. The fourth-order valence-electron chi connectivity index (χ4n) is 3.07. The maximum atomic E-state index is 13.2. The third-order valence-electron chi connectivity index (χ3n) is 4.08. The lowest BCUT2D eigenvalue weighted by atomic mass is 9.82. The fourth-order valence-corrected chi connectivity index (χ4v) is 3.07. The topological polar surface area (TPSA) is 76.1 Å². The second kappa shape index (κ2) is 5.75. The van der Waals surface area contributed by atoms with E-state index in [4.69, 9.17) is 5.73 Å². The first kappa shape index (κ1) is 16.7. The minimum absolute atomic E-state index is 0.0772. The predicted octanol–water partition coefficient (Wildman–Crippen LogP) is 2.10. The molecular weight excluding hydrogens is 328 g/mol. The minimum atomic E-state index is -4.45. The summed E-state index contributed by atoms with van der Waals surface area (Å²) in [5.74, 6) is -0.960. The average molecular weight is 344 g/mol. The number of aromatic nitrogens is 2. The molecule has 9 heteroatoms. The molecule has 0 saturated heterocycles. The Morgan fingerprint density at radius 1 is 1.29 bits per heavy atom. The smallest absolute Gasteiger partial charge is 0.372 e. The van der Waals surface area contributed by atoms with Gasteiger partial charge in [-0.3, -0.25) is 0 Å². The molecule has 1 aromatic heterocycles. The first-order chi connectivity index (χ1) is 11.2. The molecule has 3 rings (SSSR count). The van der Waals surface area contributed by atoms with Gasteiger partial charge in [-0.1, -0.05) is 12.1 Å². The summed E-state index contributed by atoms with van der Waals surface area (Å²) in [5, 5.41) is 16.6. The van der Waals surface area contributed by atoms with Gasteiger partial charge in [-0.05, 0) is 24.6 Å². The molecule has 4 N–H and O–H groups in total. The molecule has 0 aliphatic carbocycles. The molecule has 0 radical (unpaired) electrons. The van der Waals surface area contributed by atoms with E-state index in [-0.39, 0.29) is 5.82 Å². The number of halogens is 4. The van der Waals surface area contributed by atoms with E-state index in [0.29, 0.717) is 16.8 Å². The van der Waals surface area contributed by atoms with Crippen molar-refractivity contribution in [3.63, 3.8) is 0 Å². The lowest BCUT2D eigenvalue weighted by Crippen LogP contribution is -2.48. The Balaban J connectivity index is 2.11.